The monoisotopic (exact) mass is 336 g/mol. The first-order valence-electron chi connectivity index (χ1n) is 7.84. The molecule has 0 aliphatic rings. The lowest BCUT2D eigenvalue weighted by atomic mass is 10.1. The fraction of sp³-hybridized carbons (Fsp3) is 0.105. The summed E-state index contributed by atoms with van der Waals surface area (Å²) in [4.78, 5) is 22.6. The van der Waals surface area contributed by atoms with Crippen molar-refractivity contribution >= 4 is 11.8 Å². The molecule has 0 aliphatic heterocycles. The average Bonchev–Trinajstić information content (AvgIpc) is 3.14. The Morgan fingerprint density at radius 2 is 1.52 bits per heavy atom. The normalized spacial score (nSPS) is 9.60. The van der Waals surface area contributed by atoms with Gasteiger partial charge in [-0.15, -0.1) is 0 Å². The molecule has 1 heterocycles. The van der Waals surface area contributed by atoms with Crippen molar-refractivity contribution in [1.29, 1.82) is 0 Å². The number of benzene rings is 2. The second-order valence-corrected chi connectivity index (χ2v) is 5.15. The number of amides is 2. The zero-order chi connectivity index (χ0) is 17.9. The van der Waals surface area contributed by atoms with Crippen LogP contribution in [-0.4, -0.2) is 28.6 Å². The number of hydrogen-bond acceptors (Lipinski definition) is 3. The highest BCUT2D eigenvalue weighted by molar-refractivity contribution is 5.99. The molecular formula is C19H20N4O2. The molecule has 4 N–H and O–H groups in total. The van der Waals surface area contributed by atoms with Gasteiger partial charge < -0.3 is 11.1 Å². The largest absolute Gasteiger partial charge is 0.370 e. The number of H-pyrrole nitrogens is 1. The Kier molecular flexibility index (Phi) is 6.94. The smallest absolute Gasteiger partial charge is 0.255 e. The van der Waals surface area contributed by atoms with Crippen LogP contribution in [0.4, 0.5) is 0 Å². The van der Waals surface area contributed by atoms with Crippen LogP contribution in [0.2, 0.25) is 0 Å². The summed E-state index contributed by atoms with van der Waals surface area (Å²) in [7, 11) is 0. The number of aromatic nitrogens is 2. The Bertz CT molecular complexity index is 759. The number of nitrogens with zero attached hydrogens (tertiary/aromatic N) is 1. The second kappa shape index (κ2) is 9.67. The minimum absolute atomic E-state index is 0.115. The molecule has 6 nitrogen and oxygen atoms in total. The van der Waals surface area contributed by atoms with Gasteiger partial charge in [0, 0.05) is 18.5 Å². The van der Waals surface area contributed by atoms with Gasteiger partial charge in [0.1, 0.15) is 0 Å². The summed E-state index contributed by atoms with van der Waals surface area (Å²) >= 11 is 0. The van der Waals surface area contributed by atoms with E-state index in [4.69, 9.17) is 5.73 Å². The van der Waals surface area contributed by atoms with E-state index in [9.17, 15) is 9.59 Å². The van der Waals surface area contributed by atoms with Gasteiger partial charge in [0.05, 0.1) is 17.5 Å². The first kappa shape index (κ1) is 17.9. The van der Waals surface area contributed by atoms with E-state index in [0.29, 0.717) is 11.3 Å². The molecule has 0 bridgehead atoms. The van der Waals surface area contributed by atoms with Crippen LogP contribution in [0.1, 0.15) is 16.8 Å². The average molecular weight is 336 g/mol. The van der Waals surface area contributed by atoms with E-state index in [1.165, 1.54) is 6.20 Å². The molecule has 1 aromatic heterocycles. The lowest BCUT2D eigenvalue weighted by Crippen LogP contribution is -2.27. The van der Waals surface area contributed by atoms with Crippen molar-refractivity contribution in [3.05, 3.63) is 78.5 Å². The predicted molar refractivity (Wildman–Crippen MR) is 96.6 cm³/mol. The minimum atomic E-state index is -0.448. The summed E-state index contributed by atoms with van der Waals surface area (Å²) in [5.74, 6) is -0.732. The van der Waals surface area contributed by atoms with E-state index < -0.39 is 5.91 Å². The van der Waals surface area contributed by atoms with Crippen LogP contribution < -0.4 is 11.1 Å². The molecule has 3 rings (SSSR count). The van der Waals surface area contributed by atoms with Crippen molar-refractivity contribution in [2.24, 2.45) is 5.73 Å². The summed E-state index contributed by atoms with van der Waals surface area (Å²) in [5.41, 5.74) is 6.98. The quantitative estimate of drug-likeness (QED) is 0.666. The summed E-state index contributed by atoms with van der Waals surface area (Å²) in [6, 6.07) is 21.4. The van der Waals surface area contributed by atoms with Gasteiger partial charge in [-0.25, -0.2) is 0 Å². The van der Waals surface area contributed by atoms with Crippen LogP contribution >= 0.6 is 0 Å². The number of nitrogens with one attached hydrogen (secondary N) is 2. The lowest BCUT2D eigenvalue weighted by Gasteiger charge is -2.04. The van der Waals surface area contributed by atoms with Crippen molar-refractivity contribution in [1.82, 2.24) is 15.5 Å². The first-order chi connectivity index (χ1) is 12.2. The topological polar surface area (TPSA) is 101 Å². The molecule has 0 saturated carbocycles. The van der Waals surface area contributed by atoms with E-state index in [-0.39, 0.29) is 18.9 Å². The summed E-state index contributed by atoms with van der Waals surface area (Å²) in [6.45, 7) is 0.216. The Balaban J connectivity index is 0.000000316. The SMILES string of the molecule is NC(=O)CCNC(=O)c1cn[nH]c1-c1ccccc1.c1ccccc1. The van der Waals surface area contributed by atoms with E-state index in [0.717, 1.165) is 5.56 Å². The van der Waals surface area contributed by atoms with Gasteiger partial charge in [-0.2, -0.15) is 5.10 Å². The molecule has 0 unspecified atom stereocenters. The second-order valence-electron chi connectivity index (χ2n) is 5.15. The molecule has 6 heteroatoms. The molecule has 2 aromatic carbocycles. The van der Waals surface area contributed by atoms with Crippen molar-refractivity contribution in [3.8, 4) is 11.3 Å². The standard InChI is InChI=1S/C13H14N4O2.C6H6/c14-11(18)6-7-15-13(19)10-8-16-17-12(10)9-4-2-1-3-5-9;1-2-4-6-5-3-1/h1-5,8H,6-7H2,(H2,14,18)(H,15,19)(H,16,17);1-6H. The van der Waals surface area contributed by atoms with Crippen LogP contribution in [0, 0.1) is 0 Å². The summed E-state index contributed by atoms with van der Waals surface area (Å²) < 4.78 is 0. The predicted octanol–water partition coefficient (Wildman–Crippen LogP) is 2.37. The molecule has 128 valence electrons. The number of primary amides is 1. The molecule has 0 spiro atoms. The third-order valence-corrected chi connectivity index (χ3v) is 3.27. The third-order valence-electron chi connectivity index (χ3n) is 3.27. The molecule has 3 aromatic rings. The molecule has 0 radical (unpaired) electrons. The zero-order valence-electron chi connectivity index (χ0n) is 13.7. The molecule has 2 amide bonds. The van der Waals surface area contributed by atoms with E-state index >= 15 is 0 Å². The fourth-order valence-corrected chi connectivity index (χ4v) is 2.06. The van der Waals surface area contributed by atoms with Gasteiger partial charge in [0.25, 0.3) is 5.91 Å². The molecule has 0 atom stereocenters. The van der Waals surface area contributed by atoms with Gasteiger partial charge in [0.2, 0.25) is 5.91 Å². The van der Waals surface area contributed by atoms with E-state index in [2.05, 4.69) is 15.5 Å². The number of nitrogens with two attached hydrogens (primary N) is 1. The first-order valence-corrected chi connectivity index (χ1v) is 7.84. The highest BCUT2D eigenvalue weighted by Gasteiger charge is 2.14. The summed E-state index contributed by atoms with van der Waals surface area (Å²) in [6.07, 6.45) is 1.58. The van der Waals surface area contributed by atoms with E-state index in [1.807, 2.05) is 66.7 Å². The highest BCUT2D eigenvalue weighted by Crippen LogP contribution is 2.20. The Labute approximate surface area is 146 Å². The summed E-state index contributed by atoms with van der Waals surface area (Å²) in [5, 5.41) is 9.31. The maximum absolute atomic E-state index is 12.0. The molecule has 0 aliphatic carbocycles. The van der Waals surface area contributed by atoms with E-state index in [1.54, 1.807) is 0 Å². The highest BCUT2D eigenvalue weighted by atomic mass is 16.2. The number of aromatic amines is 1. The minimum Gasteiger partial charge on any atom is -0.370 e. The zero-order valence-corrected chi connectivity index (χ0v) is 13.7. The van der Waals surface area contributed by atoms with Crippen LogP contribution in [0.5, 0.6) is 0 Å². The Morgan fingerprint density at radius 3 is 2.08 bits per heavy atom. The number of rotatable bonds is 5. The Morgan fingerprint density at radius 1 is 0.960 bits per heavy atom. The fourth-order valence-electron chi connectivity index (χ4n) is 2.06. The van der Waals surface area contributed by atoms with Crippen molar-refractivity contribution in [2.75, 3.05) is 6.54 Å². The van der Waals surface area contributed by atoms with Crippen molar-refractivity contribution in [2.45, 2.75) is 6.42 Å². The number of hydrogen-bond donors (Lipinski definition) is 3. The maximum atomic E-state index is 12.0. The van der Waals surface area contributed by atoms with Crippen LogP contribution in [0.15, 0.2) is 72.9 Å². The van der Waals surface area contributed by atoms with Crippen molar-refractivity contribution in [3.63, 3.8) is 0 Å². The molecular weight excluding hydrogens is 316 g/mol. The molecule has 0 saturated heterocycles. The van der Waals surface area contributed by atoms with Gasteiger partial charge in [-0.05, 0) is 0 Å². The third kappa shape index (κ3) is 5.95. The van der Waals surface area contributed by atoms with Gasteiger partial charge >= 0.3 is 0 Å². The lowest BCUT2D eigenvalue weighted by molar-refractivity contribution is -0.117. The van der Waals surface area contributed by atoms with Crippen molar-refractivity contribution < 1.29 is 9.59 Å². The number of carbonyl (C=O) groups excluding carboxylic acids is 2. The number of carbonyl (C=O) groups is 2. The maximum Gasteiger partial charge on any atom is 0.255 e. The van der Waals surface area contributed by atoms with Crippen LogP contribution in [0.3, 0.4) is 0 Å². The van der Waals surface area contributed by atoms with Gasteiger partial charge in [-0.1, -0.05) is 66.7 Å². The van der Waals surface area contributed by atoms with Crippen LogP contribution in [-0.2, 0) is 4.79 Å². The Hall–Kier alpha value is -3.41. The van der Waals surface area contributed by atoms with Gasteiger partial charge in [-0.3, -0.25) is 14.7 Å². The molecule has 0 fully saturated rings. The van der Waals surface area contributed by atoms with Crippen LogP contribution in [0.25, 0.3) is 11.3 Å². The van der Waals surface area contributed by atoms with Gasteiger partial charge in [0.15, 0.2) is 0 Å². The molecule has 25 heavy (non-hydrogen) atoms.